The molecule has 22 heavy (non-hydrogen) atoms. The molecule has 0 unspecified atom stereocenters. The smallest absolute Gasteiger partial charge is 0.319 e. The van der Waals surface area contributed by atoms with Gasteiger partial charge in [0, 0.05) is 31.5 Å². The summed E-state index contributed by atoms with van der Waals surface area (Å²) in [5, 5.41) is 5.78. The molecular weight excluding hydrogens is 274 g/mol. The van der Waals surface area contributed by atoms with Crippen LogP contribution in [0.4, 0.5) is 16.2 Å². The molecule has 0 radical (unpaired) electrons. The molecule has 114 valence electrons. The molecule has 3 rings (SSSR count). The molecule has 0 aromatic heterocycles. The fourth-order valence-corrected chi connectivity index (χ4v) is 2.79. The van der Waals surface area contributed by atoms with Gasteiger partial charge in [-0.05, 0) is 36.1 Å². The van der Waals surface area contributed by atoms with Gasteiger partial charge in [-0.2, -0.15) is 0 Å². The maximum Gasteiger partial charge on any atom is 0.319 e. The van der Waals surface area contributed by atoms with Crippen LogP contribution in [0, 0.1) is 0 Å². The van der Waals surface area contributed by atoms with Crippen LogP contribution in [0.15, 0.2) is 48.5 Å². The molecule has 0 fully saturated rings. The number of rotatable bonds is 3. The number of carbonyl (C=O) groups excluding carboxylic acids is 1. The molecule has 0 saturated carbocycles. The average Bonchev–Trinajstić information content (AvgIpc) is 2.55. The van der Waals surface area contributed by atoms with E-state index >= 15 is 0 Å². The summed E-state index contributed by atoms with van der Waals surface area (Å²) >= 11 is 0. The van der Waals surface area contributed by atoms with E-state index in [9.17, 15) is 4.79 Å². The minimum Gasteiger partial charge on any atom is -0.374 e. The van der Waals surface area contributed by atoms with Crippen molar-refractivity contribution >= 4 is 17.4 Å². The predicted molar refractivity (Wildman–Crippen MR) is 90.3 cm³/mol. The monoisotopic (exact) mass is 295 g/mol. The summed E-state index contributed by atoms with van der Waals surface area (Å²) in [6.45, 7) is 1.59. The van der Waals surface area contributed by atoms with Crippen molar-refractivity contribution in [2.75, 3.05) is 23.8 Å². The van der Waals surface area contributed by atoms with Gasteiger partial charge >= 0.3 is 6.03 Å². The Bertz CT molecular complexity index is 655. The molecule has 0 bridgehead atoms. The second-order valence-corrected chi connectivity index (χ2v) is 5.66. The molecule has 2 N–H and O–H groups in total. The van der Waals surface area contributed by atoms with Gasteiger partial charge in [0.05, 0.1) is 0 Å². The van der Waals surface area contributed by atoms with Crippen LogP contribution in [-0.2, 0) is 13.0 Å². The van der Waals surface area contributed by atoms with Crippen molar-refractivity contribution in [3.8, 4) is 0 Å². The highest BCUT2D eigenvalue weighted by atomic mass is 16.2. The van der Waals surface area contributed by atoms with Crippen molar-refractivity contribution in [2.45, 2.75) is 19.4 Å². The van der Waals surface area contributed by atoms with Crippen LogP contribution in [-0.4, -0.2) is 19.6 Å². The quantitative estimate of drug-likeness (QED) is 0.911. The van der Waals surface area contributed by atoms with Gasteiger partial charge in [-0.15, -0.1) is 0 Å². The first kappa shape index (κ1) is 14.4. The summed E-state index contributed by atoms with van der Waals surface area (Å²) in [4.78, 5) is 14.2. The lowest BCUT2D eigenvalue weighted by Crippen LogP contribution is -2.29. The Labute approximate surface area is 131 Å². The van der Waals surface area contributed by atoms with Crippen LogP contribution >= 0.6 is 0 Å². The third-order valence-corrected chi connectivity index (χ3v) is 3.99. The molecule has 0 aliphatic carbocycles. The Morgan fingerprint density at radius 1 is 1.18 bits per heavy atom. The number of nitrogens with one attached hydrogen (secondary N) is 2. The van der Waals surface area contributed by atoms with Crippen molar-refractivity contribution in [3.63, 3.8) is 0 Å². The zero-order valence-corrected chi connectivity index (χ0v) is 12.8. The lowest BCUT2D eigenvalue weighted by atomic mass is 10.0. The van der Waals surface area contributed by atoms with E-state index in [1.807, 2.05) is 36.4 Å². The third-order valence-electron chi connectivity index (χ3n) is 3.99. The minimum absolute atomic E-state index is 0.178. The number of fused-ring (bicyclic) bond motifs is 1. The molecule has 0 spiro atoms. The first-order valence-electron chi connectivity index (χ1n) is 7.65. The molecule has 0 atom stereocenters. The zero-order chi connectivity index (χ0) is 15.4. The lowest BCUT2D eigenvalue weighted by molar-refractivity contribution is 0.251. The van der Waals surface area contributed by atoms with Gasteiger partial charge in [-0.1, -0.05) is 36.4 Å². The second-order valence-electron chi connectivity index (χ2n) is 5.66. The molecular formula is C18H21N3O. The molecule has 1 aliphatic rings. The van der Waals surface area contributed by atoms with Gasteiger partial charge < -0.3 is 15.5 Å². The van der Waals surface area contributed by atoms with Gasteiger partial charge in [0.2, 0.25) is 0 Å². The van der Waals surface area contributed by atoms with Gasteiger partial charge in [0.25, 0.3) is 0 Å². The molecule has 2 aromatic carbocycles. The molecule has 4 heteroatoms. The summed E-state index contributed by atoms with van der Waals surface area (Å²) in [5.74, 6) is 0. The predicted octanol–water partition coefficient (Wildman–Crippen LogP) is 3.39. The lowest BCUT2D eigenvalue weighted by Gasteiger charge is -2.28. The number of hydrogen-bond donors (Lipinski definition) is 2. The normalized spacial score (nSPS) is 13.4. The third kappa shape index (κ3) is 3.39. The van der Waals surface area contributed by atoms with Crippen molar-refractivity contribution < 1.29 is 4.79 Å². The Balaban J connectivity index is 1.61. The average molecular weight is 295 g/mol. The van der Waals surface area contributed by atoms with E-state index in [0.717, 1.165) is 24.2 Å². The number of urea groups is 1. The van der Waals surface area contributed by atoms with E-state index in [4.69, 9.17) is 0 Å². The summed E-state index contributed by atoms with van der Waals surface area (Å²) < 4.78 is 0. The fraction of sp³-hybridized carbons (Fsp3) is 0.278. The molecule has 1 heterocycles. The van der Waals surface area contributed by atoms with Crippen LogP contribution in [0.25, 0.3) is 0 Å². The minimum atomic E-state index is -0.178. The zero-order valence-electron chi connectivity index (χ0n) is 12.8. The highest BCUT2D eigenvalue weighted by Gasteiger charge is 2.14. The Morgan fingerprint density at radius 3 is 2.82 bits per heavy atom. The number of carbonyl (C=O) groups is 1. The van der Waals surface area contributed by atoms with E-state index in [0.29, 0.717) is 6.54 Å². The SMILES string of the molecule is CN1CCCc2ccc(NC(=O)NCc3ccccc3)cc21. The Kier molecular flexibility index (Phi) is 4.28. The number of anilines is 2. The van der Waals surface area contributed by atoms with E-state index in [1.165, 1.54) is 17.7 Å². The van der Waals surface area contributed by atoms with Crippen LogP contribution in [0.2, 0.25) is 0 Å². The van der Waals surface area contributed by atoms with Gasteiger partial charge in [-0.25, -0.2) is 4.79 Å². The molecule has 2 aromatic rings. The first-order valence-corrected chi connectivity index (χ1v) is 7.65. The van der Waals surface area contributed by atoms with E-state index in [1.54, 1.807) is 0 Å². The number of hydrogen-bond acceptors (Lipinski definition) is 2. The van der Waals surface area contributed by atoms with Crippen LogP contribution in [0.1, 0.15) is 17.5 Å². The standard InChI is InChI=1S/C18H21N3O/c1-21-11-5-8-15-9-10-16(12-17(15)21)20-18(22)19-13-14-6-3-2-4-7-14/h2-4,6-7,9-10,12H,5,8,11,13H2,1H3,(H2,19,20,22). The number of amides is 2. The van der Waals surface area contributed by atoms with Crippen molar-refractivity contribution in [1.29, 1.82) is 0 Å². The van der Waals surface area contributed by atoms with Crippen LogP contribution in [0.5, 0.6) is 0 Å². The molecule has 0 saturated heterocycles. The van der Waals surface area contributed by atoms with Crippen molar-refractivity contribution in [3.05, 3.63) is 59.7 Å². The molecule has 4 nitrogen and oxygen atoms in total. The maximum absolute atomic E-state index is 12.0. The Hall–Kier alpha value is -2.49. The summed E-state index contributed by atoms with van der Waals surface area (Å²) in [7, 11) is 2.09. The topological polar surface area (TPSA) is 44.4 Å². The highest BCUT2D eigenvalue weighted by molar-refractivity contribution is 5.90. The highest BCUT2D eigenvalue weighted by Crippen LogP contribution is 2.28. The molecule has 2 amide bonds. The maximum atomic E-state index is 12.0. The Morgan fingerprint density at radius 2 is 2.00 bits per heavy atom. The number of nitrogens with zero attached hydrogens (tertiary/aromatic N) is 1. The number of benzene rings is 2. The first-order chi connectivity index (χ1) is 10.7. The van der Waals surface area contributed by atoms with E-state index < -0.39 is 0 Å². The van der Waals surface area contributed by atoms with Crippen LogP contribution < -0.4 is 15.5 Å². The number of aryl methyl sites for hydroxylation is 1. The van der Waals surface area contributed by atoms with E-state index in [-0.39, 0.29) is 6.03 Å². The fourth-order valence-electron chi connectivity index (χ4n) is 2.79. The molecule has 1 aliphatic heterocycles. The van der Waals surface area contributed by atoms with Crippen LogP contribution in [0.3, 0.4) is 0 Å². The second kappa shape index (κ2) is 6.52. The van der Waals surface area contributed by atoms with Crippen molar-refractivity contribution in [1.82, 2.24) is 5.32 Å². The summed E-state index contributed by atoms with van der Waals surface area (Å²) in [5.41, 5.74) is 4.48. The summed E-state index contributed by atoms with van der Waals surface area (Å²) in [6.07, 6.45) is 2.30. The summed E-state index contributed by atoms with van der Waals surface area (Å²) in [6, 6.07) is 15.8. The van der Waals surface area contributed by atoms with E-state index in [2.05, 4.69) is 34.7 Å². The van der Waals surface area contributed by atoms with Gasteiger partial charge in [0.15, 0.2) is 0 Å². The van der Waals surface area contributed by atoms with Gasteiger partial charge in [-0.3, -0.25) is 0 Å². The van der Waals surface area contributed by atoms with Crippen molar-refractivity contribution in [2.24, 2.45) is 0 Å². The largest absolute Gasteiger partial charge is 0.374 e. The van der Waals surface area contributed by atoms with Gasteiger partial charge in [0.1, 0.15) is 0 Å².